The van der Waals surface area contributed by atoms with Gasteiger partial charge in [0.25, 0.3) is 5.91 Å². The maximum atomic E-state index is 11.5. The van der Waals surface area contributed by atoms with E-state index in [2.05, 4.69) is 10.3 Å². The number of nitrogens with two attached hydrogens (primary N) is 1. The highest BCUT2D eigenvalue weighted by Crippen LogP contribution is 2.18. The molecule has 0 aliphatic heterocycles. The van der Waals surface area contributed by atoms with Crippen LogP contribution in [0.25, 0.3) is 0 Å². The molecule has 6 heteroatoms. The van der Waals surface area contributed by atoms with Crippen molar-refractivity contribution in [1.82, 2.24) is 10.3 Å². The number of nitrogens with one attached hydrogen (secondary N) is 1. The molecule has 6 nitrogen and oxygen atoms in total. The van der Waals surface area contributed by atoms with Crippen LogP contribution < -0.4 is 11.1 Å². The number of rotatable bonds is 4. The Hall–Kier alpha value is -2.11. The van der Waals surface area contributed by atoms with Gasteiger partial charge in [-0.2, -0.15) is 0 Å². The van der Waals surface area contributed by atoms with Gasteiger partial charge in [0.05, 0.1) is 11.9 Å². The normalized spacial score (nSPS) is 14.1. The minimum atomic E-state index is -0.629. The Bertz CT molecular complexity index is 426. The lowest BCUT2D eigenvalue weighted by Gasteiger charge is -2.04. The van der Waals surface area contributed by atoms with Gasteiger partial charge in [-0.05, 0) is 25.0 Å². The highest BCUT2D eigenvalue weighted by atomic mass is 16.5. The molecule has 0 atom stereocenters. The minimum absolute atomic E-state index is 0.137. The Morgan fingerprint density at radius 2 is 2.24 bits per heavy atom. The maximum absolute atomic E-state index is 11.5. The molecule has 1 amide bonds. The summed E-state index contributed by atoms with van der Waals surface area (Å²) in [6.45, 7) is -0.276. The fourth-order valence-electron chi connectivity index (χ4n) is 1.23. The van der Waals surface area contributed by atoms with E-state index < -0.39 is 5.97 Å². The van der Waals surface area contributed by atoms with Gasteiger partial charge in [0.15, 0.2) is 6.61 Å². The maximum Gasteiger partial charge on any atom is 0.357 e. The van der Waals surface area contributed by atoms with Crippen LogP contribution in [0.2, 0.25) is 0 Å². The molecule has 3 N–H and O–H groups in total. The zero-order valence-electron chi connectivity index (χ0n) is 9.18. The third-order valence-corrected chi connectivity index (χ3v) is 2.27. The molecular formula is C11H13N3O3. The Morgan fingerprint density at radius 1 is 1.47 bits per heavy atom. The second-order valence-corrected chi connectivity index (χ2v) is 3.89. The number of carbonyl (C=O) groups is 2. The van der Waals surface area contributed by atoms with Crippen molar-refractivity contribution in [2.24, 2.45) is 0 Å². The summed E-state index contributed by atoms with van der Waals surface area (Å²) in [5, 5.41) is 2.71. The van der Waals surface area contributed by atoms with Gasteiger partial charge in [-0.3, -0.25) is 4.79 Å². The number of hydrogen-bond acceptors (Lipinski definition) is 5. The van der Waals surface area contributed by atoms with Crippen LogP contribution in [0, 0.1) is 0 Å². The highest BCUT2D eigenvalue weighted by Gasteiger charge is 2.23. The predicted octanol–water partition coefficient (Wildman–Crippen LogP) is 0.0992. The number of aromatic nitrogens is 1. The number of esters is 1. The van der Waals surface area contributed by atoms with E-state index in [1.54, 1.807) is 6.07 Å². The Kier molecular flexibility index (Phi) is 3.22. The van der Waals surface area contributed by atoms with E-state index in [-0.39, 0.29) is 24.2 Å². The Morgan fingerprint density at radius 3 is 2.82 bits per heavy atom. The van der Waals surface area contributed by atoms with Crippen molar-refractivity contribution in [3.8, 4) is 0 Å². The molecule has 1 saturated carbocycles. The van der Waals surface area contributed by atoms with Gasteiger partial charge in [0.2, 0.25) is 0 Å². The van der Waals surface area contributed by atoms with Crippen molar-refractivity contribution in [1.29, 1.82) is 0 Å². The summed E-state index contributed by atoms with van der Waals surface area (Å²) in [5.41, 5.74) is 6.04. The first kappa shape index (κ1) is 11.4. The van der Waals surface area contributed by atoms with E-state index in [0.29, 0.717) is 5.69 Å². The molecule has 1 aliphatic carbocycles. The lowest BCUT2D eigenvalue weighted by Crippen LogP contribution is -2.30. The van der Waals surface area contributed by atoms with Crippen LogP contribution in [0.15, 0.2) is 18.3 Å². The van der Waals surface area contributed by atoms with E-state index >= 15 is 0 Å². The highest BCUT2D eigenvalue weighted by molar-refractivity contribution is 5.89. The first-order chi connectivity index (χ1) is 8.15. The summed E-state index contributed by atoms with van der Waals surface area (Å²) in [6.07, 6.45) is 3.36. The van der Waals surface area contributed by atoms with Crippen LogP contribution in [0.5, 0.6) is 0 Å². The molecule has 0 unspecified atom stereocenters. The molecule has 1 heterocycles. The zero-order valence-corrected chi connectivity index (χ0v) is 9.18. The predicted molar refractivity (Wildman–Crippen MR) is 60.1 cm³/mol. The van der Waals surface area contributed by atoms with Gasteiger partial charge in [-0.1, -0.05) is 0 Å². The molecule has 2 rings (SSSR count). The molecule has 1 fully saturated rings. The van der Waals surface area contributed by atoms with Gasteiger partial charge < -0.3 is 15.8 Å². The molecule has 17 heavy (non-hydrogen) atoms. The average Bonchev–Trinajstić information content (AvgIpc) is 3.11. The van der Waals surface area contributed by atoms with Crippen LogP contribution in [-0.4, -0.2) is 29.5 Å². The van der Waals surface area contributed by atoms with Crippen LogP contribution in [0.3, 0.4) is 0 Å². The van der Waals surface area contributed by atoms with Crippen LogP contribution in [-0.2, 0) is 9.53 Å². The van der Waals surface area contributed by atoms with Gasteiger partial charge in [-0.15, -0.1) is 0 Å². The van der Waals surface area contributed by atoms with Crippen molar-refractivity contribution in [3.05, 3.63) is 24.0 Å². The molecule has 0 saturated heterocycles. The molecule has 0 spiro atoms. The molecular weight excluding hydrogens is 222 g/mol. The number of hydrogen-bond donors (Lipinski definition) is 2. The fraction of sp³-hybridized carbons (Fsp3) is 0.364. The number of anilines is 1. The van der Waals surface area contributed by atoms with E-state index in [4.69, 9.17) is 10.5 Å². The van der Waals surface area contributed by atoms with Crippen molar-refractivity contribution in [2.75, 3.05) is 12.3 Å². The summed E-state index contributed by atoms with van der Waals surface area (Å²) >= 11 is 0. The second-order valence-electron chi connectivity index (χ2n) is 3.89. The van der Waals surface area contributed by atoms with E-state index in [9.17, 15) is 9.59 Å². The summed E-state index contributed by atoms with van der Waals surface area (Å²) in [7, 11) is 0. The van der Waals surface area contributed by atoms with Crippen LogP contribution >= 0.6 is 0 Å². The first-order valence-corrected chi connectivity index (χ1v) is 5.33. The number of carbonyl (C=O) groups excluding carboxylic acids is 2. The smallest absolute Gasteiger partial charge is 0.357 e. The van der Waals surface area contributed by atoms with Gasteiger partial charge >= 0.3 is 5.97 Å². The standard InChI is InChI=1S/C11H13N3O3/c12-7-1-4-9(13-5-7)11(16)17-6-10(15)14-8-2-3-8/h1,4-5,8H,2-3,6,12H2,(H,14,15). The van der Waals surface area contributed by atoms with Crippen molar-refractivity contribution in [2.45, 2.75) is 18.9 Å². The first-order valence-electron chi connectivity index (χ1n) is 5.33. The molecule has 90 valence electrons. The molecule has 1 aromatic rings. The second kappa shape index (κ2) is 4.82. The number of nitrogens with zero attached hydrogens (tertiary/aromatic N) is 1. The van der Waals surface area contributed by atoms with Gasteiger partial charge in [-0.25, -0.2) is 9.78 Å². The molecule has 0 bridgehead atoms. The lowest BCUT2D eigenvalue weighted by molar-refractivity contribution is -0.124. The quantitative estimate of drug-likeness (QED) is 0.722. The molecule has 1 aromatic heterocycles. The SMILES string of the molecule is Nc1ccc(C(=O)OCC(=O)NC2CC2)nc1. The van der Waals surface area contributed by atoms with E-state index in [1.807, 2.05) is 0 Å². The topological polar surface area (TPSA) is 94.3 Å². The number of ether oxygens (including phenoxy) is 1. The van der Waals surface area contributed by atoms with E-state index in [0.717, 1.165) is 12.8 Å². The number of nitrogen functional groups attached to an aromatic ring is 1. The monoisotopic (exact) mass is 235 g/mol. The molecule has 1 aliphatic rings. The van der Waals surface area contributed by atoms with Crippen LogP contribution in [0.4, 0.5) is 5.69 Å². The van der Waals surface area contributed by atoms with Crippen molar-refractivity contribution >= 4 is 17.6 Å². The zero-order chi connectivity index (χ0) is 12.3. The third-order valence-electron chi connectivity index (χ3n) is 2.27. The van der Waals surface area contributed by atoms with E-state index in [1.165, 1.54) is 12.3 Å². The Balaban J connectivity index is 1.79. The summed E-state index contributed by atoms with van der Waals surface area (Å²) in [4.78, 5) is 26.5. The van der Waals surface area contributed by atoms with Crippen molar-refractivity contribution in [3.63, 3.8) is 0 Å². The largest absolute Gasteiger partial charge is 0.451 e. The van der Waals surface area contributed by atoms with Crippen LogP contribution in [0.1, 0.15) is 23.3 Å². The fourth-order valence-corrected chi connectivity index (χ4v) is 1.23. The molecule has 0 radical (unpaired) electrons. The summed E-state index contributed by atoms with van der Waals surface area (Å²) < 4.78 is 4.80. The minimum Gasteiger partial charge on any atom is -0.451 e. The Labute approximate surface area is 98.2 Å². The van der Waals surface area contributed by atoms with Crippen molar-refractivity contribution < 1.29 is 14.3 Å². The summed E-state index contributed by atoms with van der Waals surface area (Å²) in [5.74, 6) is -0.910. The van der Waals surface area contributed by atoms with Gasteiger partial charge in [0.1, 0.15) is 5.69 Å². The lowest BCUT2D eigenvalue weighted by atomic mass is 10.3. The third kappa shape index (κ3) is 3.44. The van der Waals surface area contributed by atoms with Gasteiger partial charge in [0, 0.05) is 6.04 Å². The number of pyridine rings is 1. The average molecular weight is 235 g/mol. The summed E-state index contributed by atoms with van der Waals surface area (Å²) in [6, 6.07) is 3.26. The number of amides is 1. The molecule has 0 aromatic carbocycles.